The van der Waals surface area contributed by atoms with Crippen molar-refractivity contribution < 1.29 is 4.79 Å². The number of aromatic amines is 1. The molecule has 0 spiro atoms. The van der Waals surface area contributed by atoms with Crippen LogP contribution in [0.2, 0.25) is 5.02 Å². The number of fused-ring (bicyclic) bond motifs is 10. The Balaban J connectivity index is 1.18. The summed E-state index contributed by atoms with van der Waals surface area (Å²) in [6, 6.07) is 6.82. The Morgan fingerprint density at radius 2 is 1.67 bits per heavy atom. The van der Waals surface area contributed by atoms with Crippen molar-refractivity contribution in [2.24, 2.45) is 51.2 Å². The first-order valence-corrected chi connectivity index (χ1v) is 18.9. The number of halogens is 1. The third-order valence-electron chi connectivity index (χ3n) is 16.4. The third kappa shape index (κ3) is 3.92. The second-order valence-electron chi connectivity index (χ2n) is 18.4. The largest absolute Gasteiger partial charge is 0.358 e. The molecule has 244 valence electrons. The Morgan fingerprint density at radius 1 is 0.911 bits per heavy atom. The molecule has 0 bridgehead atoms. The van der Waals surface area contributed by atoms with E-state index >= 15 is 0 Å². The van der Waals surface area contributed by atoms with E-state index in [1.165, 1.54) is 72.7 Å². The van der Waals surface area contributed by atoms with Crippen LogP contribution in [0.25, 0.3) is 10.9 Å². The van der Waals surface area contributed by atoms with E-state index in [4.69, 9.17) is 11.6 Å². The number of allylic oxidation sites excluding steroid dienone is 1. The Kier molecular flexibility index (Phi) is 6.73. The van der Waals surface area contributed by atoms with Gasteiger partial charge in [-0.05, 0) is 147 Å². The molecular formula is C41H57ClN2O. The molecule has 9 atom stereocenters. The summed E-state index contributed by atoms with van der Waals surface area (Å²) in [5, 5.41) is 5.81. The maximum absolute atomic E-state index is 14.4. The van der Waals surface area contributed by atoms with Gasteiger partial charge in [0.25, 0.3) is 0 Å². The van der Waals surface area contributed by atoms with E-state index in [9.17, 15) is 4.79 Å². The van der Waals surface area contributed by atoms with E-state index in [2.05, 4.69) is 70.6 Å². The molecule has 1 heterocycles. The first kappa shape index (κ1) is 30.6. The van der Waals surface area contributed by atoms with E-state index in [0.29, 0.717) is 41.5 Å². The lowest BCUT2D eigenvalue weighted by atomic mass is 9.32. The number of amides is 1. The number of hydrogen-bond donors (Lipinski definition) is 2. The molecule has 1 amide bonds. The van der Waals surface area contributed by atoms with Gasteiger partial charge < -0.3 is 10.3 Å². The Bertz CT molecular complexity index is 1560. The van der Waals surface area contributed by atoms with Crippen molar-refractivity contribution in [3.8, 4) is 0 Å². The fourth-order valence-electron chi connectivity index (χ4n) is 14.2. The van der Waals surface area contributed by atoms with Crippen LogP contribution >= 0.6 is 11.6 Å². The molecule has 1 aromatic heterocycles. The summed E-state index contributed by atoms with van der Waals surface area (Å²) in [6.45, 7) is 20.0. The van der Waals surface area contributed by atoms with Gasteiger partial charge in [-0.25, -0.2) is 0 Å². The zero-order valence-corrected chi connectivity index (χ0v) is 29.6. The Labute approximate surface area is 277 Å². The molecule has 0 saturated heterocycles. The first-order chi connectivity index (χ1) is 21.3. The molecule has 6 aliphatic carbocycles. The number of rotatable bonds is 3. The van der Waals surface area contributed by atoms with Gasteiger partial charge in [-0.3, -0.25) is 4.79 Å². The standard InChI is InChI=1S/C41H57ClN2O/c1-24(2)27-16-19-41(36(45)43-26-10-8-9-11-26)21-20-39(6)30(34(27)41)13-15-33-38(5)23-29-28-22-25(42)12-14-31(28)44-35(29)37(3,4)32(38)17-18-40(33,39)7/h12,14,22,26-27,30,32-34,44H,1,8-11,13,15-21,23H2,2-7H3,(H,43,45)/t27-,30?,32?,33?,34?,38-,39+,40+,41-/m0/s1. The average Bonchev–Trinajstić information content (AvgIpc) is 3.72. The van der Waals surface area contributed by atoms with E-state index in [0.717, 1.165) is 43.5 Å². The molecule has 5 saturated carbocycles. The summed E-state index contributed by atoms with van der Waals surface area (Å²) in [5.74, 6) is 3.23. The fourth-order valence-corrected chi connectivity index (χ4v) is 14.4. The quantitative estimate of drug-likeness (QED) is 0.326. The highest BCUT2D eigenvalue weighted by molar-refractivity contribution is 6.31. The van der Waals surface area contributed by atoms with Crippen molar-refractivity contribution in [3.05, 3.63) is 46.6 Å². The van der Waals surface area contributed by atoms with Crippen LogP contribution in [0.5, 0.6) is 0 Å². The fraction of sp³-hybridized carbons (Fsp3) is 0.732. The zero-order chi connectivity index (χ0) is 31.7. The summed E-state index contributed by atoms with van der Waals surface area (Å²) in [6.07, 6.45) is 15.6. The van der Waals surface area contributed by atoms with Crippen LogP contribution < -0.4 is 5.32 Å². The monoisotopic (exact) mass is 628 g/mol. The highest BCUT2D eigenvalue weighted by Gasteiger charge is 2.72. The van der Waals surface area contributed by atoms with Crippen molar-refractivity contribution in [1.82, 2.24) is 10.3 Å². The van der Waals surface area contributed by atoms with Crippen molar-refractivity contribution in [1.29, 1.82) is 0 Å². The van der Waals surface area contributed by atoms with Gasteiger partial charge in [-0.2, -0.15) is 0 Å². The van der Waals surface area contributed by atoms with Gasteiger partial charge in [0.05, 0.1) is 5.41 Å². The Hall–Kier alpha value is -1.74. The first-order valence-electron chi connectivity index (χ1n) is 18.5. The molecule has 4 unspecified atom stereocenters. The predicted octanol–water partition coefficient (Wildman–Crippen LogP) is 10.6. The van der Waals surface area contributed by atoms with Crippen molar-refractivity contribution in [3.63, 3.8) is 0 Å². The van der Waals surface area contributed by atoms with Gasteiger partial charge in [0.2, 0.25) is 5.91 Å². The minimum absolute atomic E-state index is 0.0868. The van der Waals surface area contributed by atoms with Crippen LogP contribution in [-0.4, -0.2) is 16.9 Å². The van der Waals surface area contributed by atoms with Crippen LogP contribution in [0.4, 0.5) is 0 Å². The lowest BCUT2D eigenvalue weighted by molar-refractivity contribution is -0.225. The minimum atomic E-state index is -0.203. The molecule has 0 radical (unpaired) electrons. The molecular weight excluding hydrogens is 572 g/mol. The van der Waals surface area contributed by atoms with Gasteiger partial charge >= 0.3 is 0 Å². The molecule has 5 fully saturated rings. The Morgan fingerprint density at radius 3 is 2.40 bits per heavy atom. The molecule has 1 aromatic carbocycles. The van der Waals surface area contributed by atoms with Gasteiger partial charge in [0, 0.05) is 33.1 Å². The van der Waals surface area contributed by atoms with Crippen molar-refractivity contribution in [2.45, 2.75) is 136 Å². The lowest BCUT2D eigenvalue weighted by Crippen LogP contribution is -2.67. The van der Waals surface area contributed by atoms with Crippen LogP contribution in [0, 0.1) is 51.2 Å². The molecule has 2 aromatic rings. The van der Waals surface area contributed by atoms with Crippen LogP contribution in [0.3, 0.4) is 0 Å². The van der Waals surface area contributed by atoms with Gasteiger partial charge in [0.1, 0.15) is 0 Å². The third-order valence-corrected chi connectivity index (χ3v) is 16.7. The average molecular weight is 629 g/mol. The maximum atomic E-state index is 14.4. The molecule has 4 heteroatoms. The zero-order valence-electron chi connectivity index (χ0n) is 28.9. The van der Waals surface area contributed by atoms with Crippen molar-refractivity contribution in [2.75, 3.05) is 0 Å². The second-order valence-corrected chi connectivity index (χ2v) is 18.8. The molecule has 45 heavy (non-hydrogen) atoms. The highest BCUT2D eigenvalue weighted by Crippen LogP contribution is 2.77. The SMILES string of the molecule is C=C(C)[C@@H]1CC[C@]2(C(=O)NC3CCCC3)CC[C@]3(C)C(CCC4[C@@]5(C)Cc6c([nH]c7ccc(Cl)cc67)C(C)(C)C5CC[C@]43C)C12. The number of aromatic nitrogens is 1. The molecule has 3 nitrogen and oxygen atoms in total. The number of nitrogens with one attached hydrogen (secondary N) is 2. The maximum Gasteiger partial charge on any atom is 0.226 e. The van der Waals surface area contributed by atoms with E-state index in [1.54, 1.807) is 0 Å². The predicted molar refractivity (Wildman–Crippen MR) is 186 cm³/mol. The van der Waals surface area contributed by atoms with Gasteiger partial charge in [-0.15, -0.1) is 0 Å². The van der Waals surface area contributed by atoms with Crippen LogP contribution in [0.1, 0.15) is 130 Å². The second kappa shape index (κ2) is 9.90. The van der Waals surface area contributed by atoms with E-state index < -0.39 is 0 Å². The van der Waals surface area contributed by atoms with Gasteiger partial charge in [0.15, 0.2) is 0 Å². The number of benzene rings is 1. The van der Waals surface area contributed by atoms with Gasteiger partial charge in [-0.1, -0.05) is 71.2 Å². The molecule has 8 rings (SSSR count). The summed E-state index contributed by atoms with van der Waals surface area (Å²) in [4.78, 5) is 18.3. The highest BCUT2D eigenvalue weighted by atomic mass is 35.5. The molecule has 6 aliphatic rings. The topological polar surface area (TPSA) is 44.9 Å². The molecule has 0 aliphatic heterocycles. The number of hydrogen-bond acceptors (Lipinski definition) is 1. The van der Waals surface area contributed by atoms with E-state index in [-0.39, 0.29) is 27.1 Å². The summed E-state index contributed by atoms with van der Waals surface area (Å²) >= 11 is 6.60. The summed E-state index contributed by atoms with van der Waals surface area (Å²) in [7, 11) is 0. The number of H-pyrrole nitrogens is 1. The minimum Gasteiger partial charge on any atom is -0.358 e. The normalized spacial score (nSPS) is 43.6. The smallest absolute Gasteiger partial charge is 0.226 e. The van der Waals surface area contributed by atoms with Crippen molar-refractivity contribution >= 4 is 28.4 Å². The number of carbonyl (C=O) groups is 1. The number of carbonyl (C=O) groups excluding carboxylic acids is 1. The van der Waals surface area contributed by atoms with Crippen LogP contribution in [0.15, 0.2) is 30.4 Å². The lowest BCUT2D eigenvalue weighted by Gasteiger charge is -2.72. The summed E-state index contributed by atoms with van der Waals surface area (Å²) in [5.41, 5.74) is 6.15. The van der Waals surface area contributed by atoms with E-state index in [1.807, 2.05) is 6.07 Å². The molecule has 2 N–H and O–H groups in total. The van der Waals surface area contributed by atoms with Crippen LogP contribution in [-0.2, 0) is 16.6 Å². The summed E-state index contributed by atoms with van der Waals surface area (Å²) < 4.78 is 0.